The molecule has 15 atom stereocenters. The first-order chi connectivity index (χ1) is 63.2. The van der Waals surface area contributed by atoms with Crippen molar-refractivity contribution in [2.45, 2.75) is 247 Å². The summed E-state index contributed by atoms with van der Waals surface area (Å²) >= 11 is 17.5. The van der Waals surface area contributed by atoms with Gasteiger partial charge in [-0.3, -0.25) is 42.9 Å². The molecule has 0 saturated heterocycles. The minimum Gasteiger partial charge on any atom is -0.480 e. The van der Waals surface area contributed by atoms with Crippen LogP contribution < -0.4 is 59.7 Å². The number of thiol groups is 3. The van der Waals surface area contributed by atoms with Crippen molar-refractivity contribution in [3.8, 4) is 0 Å². The molecule has 0 spiro atoms. The van der Waals surface area contributed by atoms with Gasteiger partial charge >= 0.3 is 5.97 Å². The highest BCUT2D eigenvalue weighted by atomic mass is 32.2. The standard InChI is InChI=1S/C33H58N3O7PS.C24H41N3O5S2.C24H38N2OS2.C19H25N3O2S2/c1-22(2)12-10-13-25(7)14-11-15-26(8)16-19-44(42,43)20-17-28(37)35-29(23(3)4)32(39)36-30(24(5)6)31(38)34-27(33(40)41)18-21-45-9;1-5-17(2)22(26-14-20(25)16-33)15-32-23(13-19-9-7-6-8-10-19)24(29)27-21(18(3)28)11-12-34(4,30)31;1-18(2)21(12-13-23(25)17-28)10-11-22(16-20-8-6-5-7-9-20)24(27)26-19(3)14-15-29-4;1-12(8-9-26-2)21-18(23)16-5-3-4-13-10-14(6-7-15(13)16)22-19(24)17(20)11-25/h12,14,16,23-24,27,29-30H,10-11,13,15,17-21H2,1-9H3,(H,34,38)(H,35,37)(H,36,39)(H,40,41)(H,42,43);6-10,17,20-23,26,33H,5,11-16,25H2,1-4H3,(H,27,29);5-13,18-19,21-23,28H,14-17,25H2,1-4H3,(H,26,27);3-7,10,12,17,25H,8-9,11,20H2,1-2H3,(H,21,23)(H,22,24)/b25-14+,26-16+;;11-10-,13-12+;/t27-,29-,30-;17?,20-,21+,22-,23+;19-,21+,22-,23-;12-,17-/m0111/s1. The fourth-order valence-corrected chi connectivity index (χ4v) is 17.2. The Morgan fingerprint density at radius 2 is 1.11 bits per heavy atom. The Hall–Kier alpha value is -6.69. The zero-order valence-corrected chi connectivity index (χ0v) is 89.6. The second-order valence-electron chi connectivity index (χ2n) is 35.7. The number of rotatable bonds is 60. The van der Waals surface area contributed by atoms with Crippen LogP contribution in [0.4, 0.5) is 5.69 Å². The number of anilines is 1. The van der Waals surface area contributed by atoms with E-state index in [-0.39, 0.29) is 133 Å². The first-order valence-corrected chi connectivity index (χ1v) is 56.5. The Labute approximate surface area is 831 Å². The quantitative estimate of drug-likeness (QED) is 0.0111. The van der Waals surface area contributed by atoms with E-state index in [0.717, 1.165) is 84.6 Å². The van der Waals surface area contributed by atoms with Gasteiger partial charge in [0, 0.05) is 96.7 Å². The third kappa shape index (κ3) is 55.8. The molecule has 4 aromatic carbocycles. The van der Waals surface area contributed by atoms with Gasteiger partial charge in [0.25, 0.3) is 5.91 Å². The fourth-order valence-electron chi connectivity index (χ4n) is 13.1. The van der Waals surface area contributed by atoms with Gasteiger partial charge in [0.05, 0.1) is 30.4 Å². The van der Waals surface area contributed by atoms with Crippen molar-refractivity contribution >= 4 is 160 Å². The van der Waals surface area contributed by atoms with Gasteiger partial charge in [-0.2, -0.15) is 73.2 Å². The number of carboxylic acid groups (broad SMARTS) is 1. The highest BCUT2D eigenvalue weighted by Gasteiger charge is 2.34. The number of nitrogens with two attached hydrogens (primary N) is 3. The van der Waals surface area contributed by atoms with E-state index in [1.807, 2.05) is 105 Å². The van der Waals surface area contributed by atoms with E-state index >= 15 is 0 Å². The van der Waals surface area contributed by atoms with E-state index in [9.17, 15) is 66.1 Å². The Kier molecular flexibility index (Phi) is 65.5. The summed E-state index contributed by atoms with van der Waals surface area (Å²) in [6, 6.07) is 26.2. The molecular weight excluding hydrogens is 1850 g/mol. The van der Waals surface area contributed by atoms with Gasteiger partial charge < -0.3 is 74.5 Å². The van der Waals surface area contributed by atoms with E-state index in [4.69, 9.17) is 21.9 Å². The van der Waals surface area contributed by atoms with Crippen molar-refractivity contribution in [1.82, 2.24) is 37.2 Å². The second-order valence-corrected chi connectivity index (χ2v) is 44.5. The number of amides is 7. The normalized spacial score (nSPS) is 15.4. The summed E-state index contributed by atoms with van der Waals surface area (Å²) in [7, 11) is -6.87. The Morgan fingerprint density at radius 1 is 0.567 bits per heavy atom. The molecule has 0 heterocycles. The Balaban J connectivity index is 0.000000912. The van der Waals surface area contributed by atoms with Crippen LogP contribution in [0.3, 0.4) is 0 Å². The highest BCUT2D eigenvalue weighted by Crippen LogP contribution is 2.41. The van der Waals surface area contributed by atoms with Crippen LogP contribution in [-0.2, 0) is 70.3 Å². The van der Waals surface area contributed by atoms with Gasteiger partial charge in [-0.05, 0) is 212 Å². The minimum atomic E-state index is -3.61. The number of hydrogen-bond acceptors (Lipinski definition) is 23. The lowest BCUT2D eigenvalue weighted by molar-refractivity contribution is -0.142. The van der Waals surface area contributed by atoms with E-state index in [2.05, 4.69) is 191 Å². The molecule has 16 N–H and O–H groups in total. The first-order valence-electron chi connectivity index (χ1n) is 46.4. The molecule has 2 unspecified atom stereocenters. The van der Waals surface area contributed by atoms with Crippen LogP contribution in [-0.4, -0.2) is 229 Å². The summed E-state index contributed by atoms with van der Waals surface area (Å²) in [4.78, 5) is 124. The van der Waals surface area contributed by atoms with Crippen LogP contribution in [0.15, 0.2) is 156 Å². The lowest BCUT2D eigenvalue weighted by atomic mass is 9.91. The number of aliphatic carboxylic acids is 1. The number of hydrogen-bond donors (Lipinski definition) is 16. The smallest absolute Gasteiger partial charge is 0.326 e. The number of Topliss-reactive ketones (excluding diaryl/α,β-unsaturated/α-hetero) is 1. The molecule has 754 valence electrons. The highest BCUT2D eigenvalue weighted by molar-refractivity contribution is 7.99. The summed E-state index contributed by atoms with van der Waals surface area (Å²) in [6.45, 7) is 30.0. The number of ketones is 1. The number of carbonyl (C=O) groups is 9. The predicted molar refractivity (Wildman–Crippen MR) is 573 cm³/mol. The molecule has 0 fully saturated rings. The average Bonchev–Trinajstić information content (AvgIpc) is 0.799. The van der Waals surface area contributed by atoms with Crippen molar-refractivity contribution in [1.29, 1.82) is 0 Å². The van der Waals surface area contributed by atoms with Crippen molar-refractivity contribution in [2.24, 2.45) is 52.7 Å². The molecular formula is C100H162N11O15PS7. The van der Waals surface area contributed by atoms with E-state index in [1.54, 1.807) is 63.4 Å². The number of ether oxygens (including phenoxy) is 1. The fraction of sp³-hybridized carbons (Fsp3) is 0.590. The summed E-state index contributed by atoms with van der Waals surface area (Å²) in [5.74, 6) is 0.0326. The molecule has 4 rings (SSSR count). The van der Waals surface area contributed by atoms with Gasteiger partial charge in [0.1, 0.15) is 34.1 Å². The molecule has 0 radical (unpaired) electrons. The molecule has 4 aromatic rings. The largest absolute Gasteiger partial charge is 0.480 e. The maximum Gasteiger partial charge on any atom is 0.326 e. The summed E-state index contributed by atoms with van der Waals surface area (Å²) in [6.07, 6.45) is 28.2. The molecule has 7 amide bonds. The zero-order chi connectivity index (χ0) is 101. The van der Waals surface area contributed by atoms with Gasteiger partial charge in [0.15, 0.2) is 5.78 Å². The maximum absolute atomic E-state index is 13.2. The number of fused-ring (bicyclic) bond motifs is 1. The Morgan fingerprint density at radius 3 is 1.64 bits per heavy atom. The maximum atomic E-state index is 13.2. The SMILES string of the molecule is CCC(C)[C@@H](CO[C@@H](Cc1ccccc1)C(=O)N[C@@H](CCS(C)(=O)=O)C(C)=O)NC[C@@H](N)CS.CSCC[C@@H](C)NC(=O)[C@H](/C=C\[C@@H](/C=C/[C@@H](N)CS)C(C)C)Cc1ccccc1.CSCC[C@@H](C)NC(=O)c1cccc2cc(NC(=O)[C@H](N)CS)ccc12.CSCC[C@H](NC(=O)[C@@H](NC(=O)[C@@H](NC(=O)CCP(=O)(O)C/C=C(\C)CC/C=C(\C)CCC=C(C)C)C(C)C)C(C)C)C(=O)O. The number of carbonyl (C=O) groups excluding carboxylic acids is 8. The third-order valence-electron chi connectivity index (χ3n) is 22.1. The monoisotopic (exact) mass is 2010 g/mol. The van der Waals surface area contributed by atoms with E-state index in [1.165, 1.54) is 35.4 Å². The molecule has 0 aliphatic heterocycles. The number of thioether (sulfide) groups is 3. The molecule has 0 aliphatic carbocycles. The van der Waals surface area contributed by atoms with Crippen LogP contribution in [0, 0.1) is 35.5 Å². The van der Waals surface area contributed by atoms with Crippen LogP contribution in [0.1, 0.15) is 190 Å². The lowest BCUT2D eigenvalue weighted by Gasteiger charge is -2.28. The molecule has 0 aromatic heterocycles. The average molecular weight is 2010 g/mol. The number of allylic oxidation sites excluding steroid dienone is 8. The van der Waals surface area contributed by atoms with Crippen LogP contribution in [0.2, 0.25) is 0 Å². The van der Waals surface area contributed by atoms with Crippen LogP contribution >= 0.6 is 80.5 Å². The van der Waals surface area contributed by atoms with Gasteiger partial charge in [0.2, 0.25) is 42.8 Å². The van der Waals surface area contributed by atoms with Gasteiger partial charge in [-0.15, -0.1) is 0 Å². The lowest BCUT2D eigenvalue weighted by Crippen LogP contribution is -2.58. The number of carboxylic acids is 1. The van der Waals surface area contributed by atoms with Crippen LogP contribution in [0.25, 0.3) is 10.8 Å². The molecule has 0 aliphatic rings. The van der Waals surface area contributed by atoms with Gasteiger partial charge in [-0.1, -0.05) is 200 Å². The second kappa shape index (κ2) is 70.0. The van der Waals surface area contributed by atoms with Crippen molar-refractivity contribution in [3.05, 3.63) is 173 Å². The molecule has 0 saturated carbocycles. The summed E-state index contributed by atoms with van der Waals surface area (Å²) in [5, 5.41) is 34.2. The van der Waals surface area contributed by atoms with Crippen molar-refractivity contribution < 1.29 is 70.9 Å². The minimum absolute atomic E-state index is 0.0177. The summed E-state index contributed by atoms with van der Waals surface area (Å²) in [5.41, 5.74) is 24.7. The van der Waals surface area contributed by atoms with Crippen molar-refractivity contribution in [2.75, 3.05) is 96.1 Å². The van der Waals surface area contributed by atoms with Gasteiger partial charge in [-0.25, -0.2) is 13.2 Å². The third-order valence-corrected chi connectivity index (χ3v) is 27.9. The zero-order valence-electron chi connectivity index (χ0n) is 82.7. The number of sulfone groups is 1. The number of benzene rings is 4. The molecule has 0 bridgehead atoms. The number of nitrogens with one attached hydrogen (secondary N) is 8. The molecule has 134 heavy (non-hydrogen) atoms. The van der Waals surface area contributed by atoms with Crippen LogP contribution in [0.5, 0.6) is 0 Å². The Bertz CT molecular complexity index is 4490. The van der Waals surface area contributed by atoms with E-state index in [0.29, 0.717) is 53.8 Å². The molecule has 26 nitrogen and oxygen atoms in total. The van der Waals surface area contributed by atoms with E-state index < -0.39 is 83.1 Å². The first kappa shape index (κ1) is 125. The topological polar surface area (TPSA) is 429 Å². The molecule has 34 heteroatoms. The predicted octanol–water partition coefficient (Wildman–Crippen LogP) is 14.7. The summed E-state index contributed by atoms with van der Waals surface area (Å²) < 4.78 is 42.0. The van der Waals surface area contributed by atoms with Crippen molar-refractivity contribution in [3.63, 3.8) is 0 Å².